The zero-order valence-electron chi connectivity index (χ0n) is 11.4. The molecule has 0 fully saturated rings. The van der Waals surface area contributed by atoms with Crippen molar-refractivity contribution in [3.05, 3.63) is 23.3 Å². The monoisotopic (exact) mass is 305 g/mol. The lowest BCUT2D eigenvalue weighted by Crippen LogP contribution is -2.35. The van der Waals surface area contributed by atoms with Gasteiger partial charge < -0.3 is 14.8 Å². The van der Waals surface area contributed by atoms with Gasteiger partial charge in [-0.3, -0.25) is 0 Å². The maximum absolute atomic E-state index is 5.71. The minimum Gasteiger partial charge on any atom is -0.493 e. The fourth-order valence-electron chi connectivity index (χ4n) is 2.52. The zero-order chi connectivity index (χ0) is 13.0. The van der Waals surface area contributed by atoms with Gasteiger partial charge in [-0.15, -0.1) is 24.0 Å². The first-order valence-corrected chi connectivity index (χ1v) is 6.85. The summed E-state index contributed by atoms with van der Waals surface area (Å²) in [5.41, 5.74) is 2.72. The Morgan fingerprint density at radius 1 is 1.21 bits per heavy atom. The normalized spacial score (nSPS) is 17.3. The second-order valence-electron chi connectivity index (χ2n) is 4.56. The van der Waals surface area contributed by atoms with E-state index in [2.05, 4.69) is 17.4 Å². The standard InChI is InChI=1S/C14H20ClNO2.ClH/c1-17-13-8-10-3-4-12(16-6-5-15)7-11(10)9-14(13)18-2;/h8-9,12,16H,3-7H2,1-2H3;1H. The predicted molar refractivity (Wildman–Crippen MR) is 81.3 cm³/mol. The summed E-state index contributed by atoms with van der Waals surface area (Å²) in [6, 6.07) is 4.73. The van der Waals surface area contributed by atoms with Crippen molar-refractivity contribution in [2.24, 2.45) is 0 Å². The molecule has 1 N–H and O–H groups in total. The second-order valence-corrected chi connectivity index (χ2v) is 4.94. The van der Waals surface area contributed by atoms with Gasteiger partial charge in [-0.1, -0.05) is 0 Å². The Kier molecular flexibility index (Phi) is 6.76. The molecular weight excluding hydrogens is 285 g/mol. The molecule has 5 heteroatoms. The number of methoxy groups -OCH3 is 2. The van der Waals surface area contributed by atoms with Gasteiger partial charge in [-0.25, -0.2) is 0 Å². The number of hydrogen-bond donors (Lipinski definition) is 1. The Balaban J connectivity index is 0.00000180. The number of fused-ring (bicyclic) bond motifs is 1. The Labute approximate surface area is 126 Å². The number of halogens is 2. The van der Waals surface area contributed by atoms with Crippen molar-refractivity contribution < 1.29 is 9.47 Å². The van der Waals surface area contributed by atoms with Crippen LogP contribution < -0.4 is 14.8 Å². The van der Waals surface area contributed by atoms with Crippen LogP contribution in [0, 0.1) is 0 Å². The maximum Gasteiger partial charge on any atom is 0.161 e. The highest BCUT2D eigenvalue weighted by molar-refractivity contribution is 6.18. The van der Waals surface area contributed by atoms with Gasteiger partial charge in [0.05, 0.1) is 14.2 Å². The van der Waals surface area contributed by atoms with Crippen LogP contribution in [0.4, 0.5) is 0 Å². The lowest BCUT2D eigenvalue weighted by molar-refractivity contribution is 0.352. The van der Waals surface area contributed by atoms with E-state index in [1.165, 1.54) is 11.1 Å². The second kappa shape index (κ2) is 7.83. The molecule has 3 nitrogen and oxygen atoms in total. The first kappa shape index (κ1) is 16.4. The third kappa shape index (κ3) is 3.91. The molecule has 0 aliphatic heterocycles. The van der Waals surface area contributed by atoms with Gasteiger partial charge >= 0.3 is 0 Å². The van der Waals surface area contributed by atoms with Gasteiger partial charge in [0.15, 0.2) is 11.5 Å². The first-order chi connectivity index (χ1) is 8.78. The first-order valence-electron chi connectivity index (χ1n) is 6.31. The van der Waals surface area contributed by atoms with Crippen LogP contribution in [0.3, 0.4) is 0 Å². The fourth-order valence-corrected chi connectivity index (χ4v) is 2.63. The number of alkyl halides is 1. The molecule has 0 saturated heterocycles. The molecule has 0 heterocycles. The van der Waals surface area contributed by atoms with E-state index in [9.17, 15) is 0 Å². The fraction of sp³-hybridized carbons (Fsp3) is 0.571. The Hall–Kier alpha value is -0.640. The van der Waals surface area contributed by atoms with E-state index in [-0.39, 0.29) is 12.4 Å². The molecule has 1 aliphatic carbocycles. The van der Waals surface area contributed by atoms with E-state index in [0.717, 1.165) is 37.3 Å². The van der Waals surface area contributed by atoms with Crippen molar-refractivity contribution in [2.75, 3.05) is 26.6 Å². The van der Waals surface area contributed by atoms with Crippen LogP contribution in [-0.4, -0.2) is 32.7 Å². The van der Waals surface area contributed by atoms with Gasteiger partial charge in [0.1, 0.15) is 0 Å². The number of rotatable bonds is 5. The minimum atomic E-state index is 0. The van der Waals surface area contributed by atoms with Crippen LogP contribution in [0.1, 0.15) is 17.5 Å². The average molecular weight is 306 g/mol. The highest BCUT2D eigenvalue weighted by Gasteiger charge is 2.20. The summed E-state index contributed by atoms with van der Waals surface area (Å²) in [6.45, 7) is 0.870. The van der Waals surface area contributed by atoms with E-state index >= 15 is 0 Å². The van der Waals surface area contributed by atoms with Crippen molar-refractivity contribution in [3.63, 3.8) is 0 Å². The minimum absolute atomic E-state index is 0. The van der Waals surface area contributed by atoms with Crippen molar-refractivity contribution >= 4 is 24.0 Å². The number of benzene rings is 1. The largest absolute Gasteiger partial charge is 0.493 e. The van der Waals surface area contributed by atoms with Crippen LogP contribution in [0.15, 0.2) is 12.1 Å². The molecule has 0 amide bonds. The molecule has 1 aliphatic rings. The molecule has 0 bridgehead atoms. The van der Waals surface area contributed by atoms with E-state index in [0.29, 0.717) is 11.9 Å². The summed E-state index contributed by atoms with van der Waals surface area (Å²) in [7, 11) is 3.36. The third-order valence-corrected chi connectivity index (χ3v) is 3.65. The SMILES string of the molecule is COc1cc2c(cc1OC)CC(NCCCl)CC2.Cl. The smallest absolute Gasteiger partial charge is 0.161 e. The molecule has 0 spiro atoms. The van der Waals surface area contributed by atoms with Gasteiger partial charge in [0, 0.05) is 18.5 Å². The summed E-state index contributed by atoms with van der Waals surface area (Å²) < 4.78 is 10.7. The highest BCUT2D eigenvalue weighted by Crippen LogP contribution is 2.34. The van der Waals surface area contributed by atoms with E-state index < -0.39 is 0 Å². The summed E-state index contributed by atoms with van der Waals surface area (Å²) >= 11 is 5.71. The quantitative estimate of drug-likeness (QED) is 0.849. The lowest BCUT2D eigenvalue weighted by atomic mass is 9.88. The van der Waals surface area contributed by atoms with Crippen molar-refractivity contribution in [1.82, 2.24) is 5.32 Å². The van der Waals surface area contributed by atoms with Crippen molar-refractivity contribution in [1.29, 1.82) is 0 Å². The summed E-state index contributed by atoms with van der Waals surface area (Å²) in [4.78, 5) is 0. The molecule has 0 radical (unpaired) electrons. The molecule has 1 atom stereocenters. The molecule has 2 rings (SSSR count). The number of ether oxygens (including phenoxy) is 2. The number of aryl methyl sites for hydroxylation is 1. The molecular formula is C14H21Cl2NO2. The van der Waals surface area contributed by atoms with Gasteiger partial charge in [0.2, 0.25) is 0 Å². The topological polar surface area (TPSA) is 30.5 Å². The Bertz CT molecular complexity index is 413. The summed E-state index contributed by atoms with van der Waals surface area (Å²) in [5, 5.41) is 3.47. The Morgan fingerprint density at radius 2 is 1.84 bits per heavy atom. The van der Waals surface area contributed by atoms with Gasteiger partial charge in [0.25, 0.3) is 0 Å². The molecule has 0 aromatic heterocycles. The molecule has 1 unspecified atom stereocenters. The van der Waals surface area contributed by atoms with Crippen LogP contribution >= 0.6 is 24.0 Å². The summed E-state index contributed by atoms with van der Waals surface area (Å²) in [5.74, 6) is 2.30. The molecule has 1 aromatic rings. The Morgan fingerprint density at radius 3 is 2.42 bits per heavy atom. The van der Waals surface area contributed by atoms with Crippen molar-refractivity contribution in [2.45, 2.75) is 25.3 Å². The van der Waals surface area contributed by atoms with Crippen LogP contribution in [-0.2, 0) is 12.8 Å². The average Bonchev–Trinajstić information content (AvgIpc) is 2.43. The molecule has 108 valence electrons. The molecule has 19 heavy (non-hydrogen) atoms. The van der Waals surface area contributed by atoms with Gasteiger partial charge in [-0.2, -0.15) is 0 Å². The van der Waals surface area contributed by atoms with E-state index in [4.69, 9.17) is 21.1 Å². The van der Waals surface area contributed by atoms with Crippen molar-refractivity contribution in [3.8, 4) is 11.5 Å². The van der Waals surface area contributed by atoms with Crippen LogP contribution in [0.25, 0.3) is 0 Å². The molecule has 0 saturated carbocycles. The predicted octanol–water partition coefficient (Wildman–Crippen LogP) is 2.81. The van der Waals surface area contributed by atoms with Gasteiger partial charge in [-0.05, 0) is 42.5 Å². The van der Waals surface area contributed by atoms with E-state index in [1.807, 2.05) is 0 Å². The highest BCUT2D eigenvalue weighted by atomic mass is 35.5. The third-order valence-electron chi connectivity index (χ3n) is 3.46. The van der Waals surface area contributed by atoms with Crippen LogP contribution in [0.2, 0.25) is 0 Å². The molecule has 1 aromatic carbocycles. The van der Waals surface area contributed by atoms with E-state index in [1.54, 1.807) is 14.2 Å². The van der Waals surface area contributed by atoms with Crippen LogP contribution in [0.5, 0.6) is 11.5 Å². The lowest BCUT2D eigenvalue weighted by Gasteiger charge is -2.26. The zero-order valence-corrected chi connectivity index (χ0v) is 12.9. The maximum atomic E-state index is 5.71. The number of hydrogen-bond acceptors (Lipinski definition) is 3. The summed E-state index contributed by atoms with van der Waals surface area (Å²) in [6.07, 6.45) is 3.27. The number of nitrogens with one attached hydrogen (secondary N) is 1.